The van der Waals surface area contributed by atoms with Crippen LogP contribution in [0.2, 0.25) is 5.15 Å². The van der Waals surface area contributed by atoms with Gasteiger partial charge >= 0.3 is 0 Å². The van der Waals surface area contributed by atoms with Gasteiger partial charge in [0.05, 0.1) is 25.0 Å². The topological polar surface area (TPSA) is 64.0 Å². The van der Waals surface area contributed by atoms with Crippen molar-refractivity contribution in [3.63, 3.8) is 0 Å². The summed E-state index contributed by atoms with van der Waals surface area (Å²) in [6.45, 7) is 0. The maximum absolute atomic E-state index is 14.9. The van der Waals surface area contributed by atoms with Gasteiger partial charge in [-0.15, -0.1) is 0 Å². The summed E-state index contributed by atoms with van der Waals surface area (Å²) in [5.41, 5.74) is 1.78. The van der Waals surface area contributed by atoms with Gasteiger partial charge in [-0.25, -0.2) is 15.0 Å². The van der Waals surface area contributed by atoms with Crippen molar-refractivity contribution >= 4 is 23.1 Å². The summed E-state index contributed by atoms with van der Waals surface area (Å²) in [7, 11) is 1.54. The summed E-state index contributed by atoms with van der Waals surface area (Å²) in [6, 6.07) is 15.3. The Morgan fingerprint density at radius 1 is 0.967 bits per heavy atom. The molecule has 0 bridgehead atoms. The number of nitrogens with zero attached hydrogens (tertiary/aromatic N) is 5. The van der Waals surface area contributed by atoms with Crippen LogP contribution in [0.3, 0.4) is 0 Å². The van der Waals surface area contributed by atoms with Crippen LogP contribution in [-0.2, 0) is 0 Å². The van der Waals surface area contributed by atoms with Crippen LogP contribution >= 0.6 is 11.6 Å². The van der Waals surface area contributed by atoms with E-state index in [0.29, 0.717) is 28.1 Å². The van der Waals surface area contributed by atoms with E-state index in [1.807, 2.05) is 17.0 Å². The average Bonchev–Trinajstić information content (AvgIpc) is 2.79. The molecule has 0 saturated carbocycles. The molecular weight excluding hydrogens is 405 g/mol. The Hall–Kier alpha value is -3.58. The number of methoxy groups -OCH3 is 1. The van der Waals surface area contributed by atoms with E-state index in [2.05, 4.69) is 19.9 Å². The molecule has 0 aliphatic rings. The minimum Gasteiger partial charge on any atom is -0.481 e. The fourth-order valence-electron chi connectivity index (χ4n) is 3.19. The summed E-state index contributed by atoms with van der Waals surface area (Å²) in [5, 5.41) is 0.315. The molecule has 0 radical (unpaired) electrons. The van der Waals surface area contributed by atoms with E-state index in [-0.39, 0.29) is 0 Å². The molecular formula is C22H17ClFN5O. The Labute approximate surface area is 178 Å². The summed E-state index contributed by atoms with van der Waals surface area (Å²) in [5.74, 6) is 0.398. The zero-order valence-electron chi connectivity index (χ0n) is 16.0. The van der Waals surface area contributed by atoms with Gasteiger partial charge in [0.25, 0.3) is 0 Å². The summed E-state index contributed by atoms with van der Waals surface area (Å²) >= 11 is 6.18. The third kappa shape index (κ3) is 4.06. The van der Waals surface area contributed by atoms with E-state index < -0.39 is 12.0 Å². The van der Waals surface area contributed by atoms with E-state index in [1.165, 1.54) is 6.20 Å². The number of anilines is 2. The van der Waals surface area contributed by atoms with E-state index in [1.54, 1.807) is 68.2 Å². The van der Waals surface area contributed by atoms with Crippen molar-refractivity contribution in [3.05, 3.63) is 102 Å². The highest BCUT2D eigenvalue weighted by molar-refractivity contribution is 6.29. The minimum absolute atomic E-state index is 0.315. The number of pyridine rings is 4. The molecule has 4 aromatic heterocycles. The monoisotopic (exact) mass is 421 g/mol. The third-order valence-electron chi connectivity index (χ3n) is 4.50. The number of aromatic nitrogens is 4. The van der Waals surface area contributed by atoms with Gasteiger partial charge in [-0.2, -0.15) is 4.39 Å². The van der Waals surface area contributed by atoms with E-state index in [4.69, 9.17) is 16.3 Å². The first-order valence-electron chi connectivity index (χ1n) is 9.09. The summed E-state index contributed by atoms with van der Waals surface area (Å²) in [4.78, 5) is 18.7. The molecule has 150 valence electrons. The van der Waals surface area contributed by atoms with E-state index >= 15 is 0 Å². The van der Waals surface area contributed by atoms with Crippen LogP contribution in [0.25, 0.3) is 0 Å². The predicted molar refractivity (Wildman–Crippen MR) is 112 cm³/mol. The summed E-state index contributed by atoms with van der Waals surface area (Å²) < 4.78 is 20.1. The molecule has 1 atom stereocenters. The number of halogens is 2. The maximum Gasteiger partial charge on any atom is 0.218 e. The maximum atomic E-state index is 14.9. The van der Waals surface area contributed by atoms with Gasteiger partial charge in [-0.1, -0.05) is 29.8 Å². The van der Waals surface area contributed by atoms with Gasteiger partial charge in [0, 0.05) is 30.2 Å². The third-order valence-corrected chi connectivity index (χ3v) is 4.71. The van der Waals surface area contributed by atoms with Crippen LogP contribution in [0.5, 0.6) is 5.88 Å². The zero-order chi connectivity index (χ0) is 20.9. The van der Waals surface area contributed by atoms with Crippen molar-refractivity contribution < 1.29 is 9.13 Å². The lowest BCUT2D eigenvalue weighted by atomic mass is 9.98. The molecule has 0 aromatic carbocycles. The highest BCUT2D eigenvalue weighted by Gasteiger charge is 2.29. The largest absolute Gasteiger partial charge is 0.481 e. The average molecular weight is 422 g/mol. The second-order valence-corrected chi connectivity index (χ2v) is 6.71. The van der Waals surface area contributed by atoms with Crippen molar-refractivity contribution in [1.82, 2.24) is 19.9 Å². The standard InChI is InChI=1S/C22H17ClFN5O/c1-30-20-10-9-16(14-27-20)29(19-8-2-7-18(23)28-19)21(15-5-3-11-25-13-15)17-6-4-12-26-22(17)24/h2-14,21H,1H3. The Balaban J connectivity index is 1.96. The van der Waals surface area contributed by atoms with Crippen LogP contribution in [0, 0.1) is 5.95 Å². The molecule has 4 rings (SSSR count). The zero-order valence-corrected chi connectivity index (χ0v) is 16.7. The molecule has 0 N–H and O–H groups in total. The molecule has 30 heavy (non-hydrogen) atoms. The first-order chi connectivity index (χ1) is 14.7. The van der Waals surface area contributed by atoms with Crippen LogP contribution in [0.1, 0.15) is 17.2 Å². The molecule has 0 amide bonds. The summed E-state index contributed by atoms with van der Waals surface area (Å²) in [6.07, 6.45) is 6.40. The smallest absolute Gasteiger partial charge is 0.218 e. The first-order valence-corrected chi connectivity index (χ1v) is 9.47. The normalized spacial score (nSPS) is 11.7. The van der Waals surface area contributed by atoms with E-state index in [9.17, 15) is 4.39 Å². The molecule has 0 saturated heterocycles. The number of ether oxygens (including phenoxy) is 1. The van der Waals surface area contributed by atoms with Gasteiger partial charge < -0.3 is 9.64 Å². The van der Waals surface area contributed by atoms with Crippen LogP contribution in [0.15, 0.2) is 79.4 Å². The van der Waals surface area contributed by atoms with Gasteiger partial charge in [0.15, 0.2) is 0 Å². The molecule has 0 aliphatic carbocycles. The predicted octanol–water partition coefficient (Wildman–Crippen LogP) is 5.00. The number of hydrogen-bond acceptors (Lipinski definition) is 6. The second-order valence-electron chi connectivity index (χ2n) is 6.32. The van der Waals surface area contributed by atoms with Crippen molar-refractivity contribution in [2.24, 2.45) is 0 Å². The molecule has 4 aromatic rings. The fraction of sp³-hybridized carbons (Fsp3) is 0.0909. The fourth-order valence-corrected chi connectivity index (χ4v) is 3.35. The molecule has 6 nitrogen and oxygen atoms in total. The van der Waals surface area contributed by atoms with Crippen molar-refractivity contribution in [1.29, 1.82) is 0 Å². The Bertz CT molecular complexity index is 1130. The lowest BCUT2D eigenvalue weighted by Crippen LogP contribution is -2.27. The van der Waals surface area contributed by atoms with E-state index in [0.717, 1.165) is 5.56 Å². The Kier molecular flexibility index (Phi) is 5.81. The highest BCUT2D eigenvalue weighted by Crippen LogP contribution is 2.39. The molecule has 0 spiro atoms. The van der Waals surface area contributed by atoms with Crippen LogP contribution < -0.4 is 9.64 Å². The van der Waals surface area contributed by atoms with Crippen molar-refractivity contribution in [3.8, 4) is 5.88 Å². The quantitative estimate of drug-likeness (QED) is 0.408. The Morgan fingerprint density at radius 2 is 1.83 bits per heavy atom. The van der Waals surface area contributed by atoms with Crippen molar-refractivity contribution in [2.75, 3.05) is 12.0 Å². The lowest BCUT2D eigenvalue weighted by Gasteiger charge is -2.33. The van der Waals surface area contributed by atoms with Crippen LogP contribution in [0.4, 0.5) is 15.9 Å². The van der Waals surface area contributed by atoms with Crippen LogP contribution in [-0.4, -0.2) is 27.0 Å². The number of rotatable bonds is 6. The molecule has 0 aliphatic heterocycles. The second kappa shape index (κ2) is 8.84. The van der Waals surface area contributed by atoms with Gasteiger partial charge in [0.2, 0.25) is 11.8 Å². The SMILES string of the molecule is COc1ccc(N(c2cccc(Cl)n2)C(c2cccnc2)c2cccnc2F)cn1. The van der Waals surface area contributed by atoms with Gasteiger partial charge in [-0.05, 0) is 35.9 Å². The molecule has 0 fully saturated rings. The van der Waals surface area contributed by atoms with Crippen molar-refractivity contribution in [2.45, 2.75) is 6.04 Å². The molecule has 4 heterocycles. The van der Waals surface area contributed by atoms with Gasteiger partial charge in [-0.3, -0.25) is 4.98 Å². The van der Waals surface area contributed by atoms with Gasteiger partial charge in [0.1, 0.15) is 11.0 Å². The Morgan fingerprint density at radius 3 is 2.50 bits per heavy atom. The molecule has 8 heteroatoms. The number of hydrogen-bond donors (Lipinski definition) is 0. The first kappa shape index (κ1) is 19.7. The molecule has 1 unspecified atom stereocenters. The minimum atomic E-state index is -0.617. The highest BCUT2D eigenvalue weighted by atomic mass is 35.5. The lowest BCUT2D eigenvalue weighted by molar-refractivity contribution is 0.398.